The van der Waals surface area contributed by atoms with Crippen molar-refractivity contribution in [2.24, 2.45) is 5.92 Å². The molecule has 150 valence electrons. The Kier molecular flexibility index (Phi) is 6.57. The maximum Gasteiger partial charge on any atom is 0.241 e. The van der Waals surface area contributed by atoms with Crippen LogP contribution in [0.2, 0.25) is 0 Å². The molecule has 0 saturated heterocycles. The molecule has 1 amide bonds. The van der Waals surface area contributed by atoms with Crippen molar-refractivity contribution in [1.82, 2.24) is 5.32 Å². The molecule has 7 heteroatoms. The highest BCUT2D eigenvalue weighted by molar-refractivity contribution is 9.10. The minimum atomic E-state index is -0.524. The van der Waals surface area contributed by atoms with Gasteiger partial charge in [-0.1, -0.05) is 35.8 Å². The Labute approximate surface area is 172 Å². The van der Waals surface area contributed by atoms with Crippen molar-refractivity contribution in [3.05, 3.63) is 52.3 Å². The van der Waals surface area contributed by atoms with Crippen LogP contribution in [0, 0.1) is 11.7 Å². The van der Waals surface area contributed by atoms with Gasteiger partial charge in [0.15, 0.2) is 11.5 Å². The normalized spacial score (nSPS) is 15.2. The summed E-state index contributed by atoms with van der Waals surface area (Å²) in [6, 6.07) is 9.75. The number of ether oxygens (including phenoxy) is 2. The summed E-state index contributed by atoms with van der Waals surface area (Å²) in [5.41, 5.74) is 1.16. The molecule has 0 saturated carbocycles. The van der Waals surface area contributed by atoms with Gasteiger partial charge in [-0.2, -0.15) is 0 Å². The Hall–Kier alpha value is -2.12. The Morgan fingerprint density at radius 1 is 1.07 bits per heavy atom. The summed E-state index contributed by atoms with van der Waals surface area (Å²) in [7, 11) is 0. The fourth-order valence-electron chi connectivity index (χ4n) is 3.10. The van der Waals surface area contributed by atoms with E-state index in [0.29, 0.717) is 23.4 Å². The summed E-state index contributed by atoms with van der Waals surface area (Å²) in [6.07, 6.45) is 0. The van der Waals surface area contributed by atoms with E-state index in [9.17, 15) is 9.18 Å². The molecule has 0 aromatic heterocycles. The van der Waals surface area contributed by atoms with Gasteiger partial charge in [0.2, 0.25) is 5.91 Å². The van der Waals surface area contributed by atoms with E-state index in [0.717, 1.165) is 11.3 Å². The lowest BCUT2D eigenvalue weighted by Gasteiger charge is -2.28. The average Bonchev–Trinajstić information content (AvgIpc) is 2.67. The molecule has 1 aliphatic heterocycles. The van der Waals surface area contributed by atoms with Gasteiger partial charge in [0.05, 0.1) is 11.7 Å². The molecule has 28 heavy (non-hydrogen) atoms. The van der Waals surface area contributed by atoms with E-state index < -0.39 is 11.9 Å². The zero-order valence-electron chi connectivity index (χ0n) is 16.1. The number of benzene rings is 2. The SMILES string of the molecule is CC(NC(c1ccc2c(c1)OCCO2)C(C)C)C(=O)Nc1ccc(Br)cc1F. The number of anilines is 1. The standard InChI is InChI=1S/C21H24BrFN2O3/c1-12(2)20(14-4-7-18-19(10-14)28-9-8-27-18)24-13(3)21(26)25-17-6-5-15(22)11-16(17)23/h4-7,10-13,20,24H,8-9H2,1-3H3,(H,25,26). The maximum atomic E-state index is 14.0. The first kappa shape index (κ1) is 20.6. The van der Waals surface area contributed by atoms with Gasteiger partial charge in [-0.25, -0.2) is 4.39 Å². The van der Waals surface area contributed by atoms with Crippen molar-refractivity contribution < 1.29 is 18.7 Å². The molecule has 0 radical (unpaired) electrons. The minimum Gasteiger partial charge on any atom is -0.486 e. The number of carbonyl (C=O) groups excluding carboxylic acids is 1. The first-order valence-electron chi connectivity index (χ1n) is 9.26. The largest absolute Gasteiger partial charge is 0.486 e. The summed E-state index contributed by atoms with van der Waals surface area (Å²) < 4.78 is 25.9. The van der Waals surface area contributed by atoms with Gasteiger partial charge >= 0.3 is 0 Å². The predicted molar refractivity (Wildman–Crippen MR) is 110 cm³/mol. The average molecular weight is 451 g/mol. The van der Waals surface area contributed by atoms with Crippen molar-refractivity contribution in [2.45, 2.75) is 32.9 Å². The van der Waals surface area contributed by atoms with Crippen LogP contribution in [0.1, 0.15) is 32.4 Å². The van der Waals surface area contributed by atoms with Gasteiger partial charge < -0.3 is 14.8 Å². The van der Waals surface area contributed by atoms with Crippen molar-refractivity contribution in [2.75, 3.05) is 18.5 Å². The lowest BCUT2D eigenvalue weighted by molar-refractivity contribution is -0.118. The van der Waals surface area contributed by atoms with Crippen LogP contribution in [0.3, 0.4) is 0 Å². The molecule has 2 aromatic rings. The van der Waals surface area contributed by atoms with Gasteiger partial charge in [0.25, 0.3) is 0 Å². The molecule has 2 atom stereocenters. The van der Waals surface area contributed by atoms with E-state index in [-0.39, 0.29) is 23.6 Å². The zero-order chi connectivity index (χ0) is 20.3. The second-order valence-corrected chi connectivity index (χ2v) is 8.04. The number of rotatable bonds is 6. The number of hydrogen-bond acceptors (Lipinski definition) is 4. The number of nitrogens with one attached hydrogen (secondary N) is 2. The molecule has 0 bridgehead atoms. The molecule has 1 aliphatic rings. The zero-order valence-corrected chi connectivity index (χ0v) is 17.7. The fourth-order valence-corrected chi connectivity index (χ4v) is 3.44. The lowest BCUT2D eigenvalue weighted by atomic mass is 9.94. The van der Waals surface area contributed by atoms with Crippen molar-refractivity contribution in [1.29, 1.82) is 0 Å². The highest BCUT2D eigenvalue weighted by Gasteiger charge is 2.24. The number of fused-ring (bicyclic) bond motifs is 1. The van der Waals surface area contributed by atoms with Crippen LogP contribution < -0.4 is 20.1 Å². The molecule has 2 N–H and O–H groups in total. The van der Waals surface area contributed by atoms with Gasteiger partial charge in [0, 0.05) is 10.5 Å². The molecule has 3 rings (SSSR count). The Morgan fingerprint density at radius 3 is 2.46 bits per heavy atom. The molecular formula is C21H24BrFN2O3. The van der Waals surface area contributed by atoms with Crippen LogP contribution in [-0.2, 0) is 4.79 Å². The monoisotopic (exact) mass is 450 g/mol. The van der Waals surface area contributed by atoms with Crippen LogP contribution in [0.5, 0.6) is 11.5 Å². The highest BCUT2D eigenvalue weighted by Crippen LogP contribution is 2.34. The van der Waals surface area contributed by atoms with E-state index >= 15 is 0 Å². The van der Waals surface area contributed by atoms with Crippen molar-refractivity contribution in [3.8, 4) is 11.5 Å². The van der Waals surface area contributed by atoms with Crippen LogP contribution in [0.4, 0.5) is 10.1 Å². The van der Waals surface area contributed by atoms with Crippen molar-refractivity contribution >= 4 is 27.5 Å². The third-order valence-corrected chi connectivity index (χ3v) is 5.10. The van der Waals surface area contributed by atoms with E-state index in [4.69, 9.17) is 9.47 Å². The Morgan fingerprint density at radius 2 is 1.79 bits per heavy atom. The summed E-state index contributed by atoms with van der Waals surface area (Å²) >= 11 is 3.21. The van der Waals surface area contributed by atoms with Gasteiger partial charge in [-0.05, 0) is 48.7 Å². The minimum absolute atomic E-state index is 0.0775. The van der Waals surface area contributed by atoms with Crippen LogP contribution in [0.25, 0.3) is 0 Å². The van der Waals surface area contributed by atoms with Gasteiger partial charge in [-0.15, -0.1) is 0 Å². The second-order valence-electron chi connectivity index (χ2n) is 7.13. The molecule has 0 aliphatic carbocycles. The van der Waals surface area contributed by atoms with Crippen LogP contribution >= 0.6 is 15.9 Å². The topological polar surface area (TPSA) is 59.6 Å². The number of halogens is 2. The Balaban J connectivity index is 1.72. The van der Waals surface area contributed by atoms with Crippen LogP contribution in [0.15, 0.2) is 40.9 Å². The number of hydrogen-bond donors (Lipinski definition) is 2. The van der Waals surface area contributed by atoms with Crippen LogP contribution in [-0.4, -0.2) is 25.2 Å². The molecule has 2 unspecified atom stereocenters. The van der Waals surface area contributed by atoms with Gasteiger partial charge in [0.1, 0.15) is 19.0 Å². The highest BCUT2D eigenvalue weighted by atomic mass is 79.9. The van der Waals surface area contributed by atoms with E-state index in [2.05, 4.69) is 40.4 Å². The summed E-state index contributed by atoms with van der Waals surface area (Å²) in [5, 5.41) is 5.99. The smallest absolute Gasteiger partial charge is 0.241 e. The third-order valence-electron chi connectivity index (χ3n) is 4.60. The molecule has 0 fully saturated rings. The third kappa shape index (κ3) is 4.83. The molecule has 2 aromatic carbocycles. The van der Waals surface area contributed by atoms with Gasteiger partial charge in [-0.3, -0.25) is 10.1 Å². The fraction of sp³-hybridized carbons (Fsp3) is 0.381. The maximum absolute atomic E-state index is 14.0. The second kappa shape index (κ2) is 8.92. The van der Waals surface area contributed by atoms with E-state index in [1.165, 1.54) is 12.1 Å². The van der Waals surface area contributed by atoms with Crippen molar-refractivity contribution in [3.63, 3.8) is 0 Å². The summed E-state index contributed by atoms with van der Waals surface area (Å²) in [4.78, 5) is 12.6. The molecule has 0 spiro atoms. The number of carbonyl (C=O) groups is 1. The first-order valence-corrected chi connectivity index (χ1v) is 10.1. The number of amides is 1. The van der Waals surface area contributed by atoms with E-state index in [1.807, 2.05) is 18.2 Å². The predicted octanol–water partition coefficient (Wildman–Crippen LogP) is 4.67. The first-order chi connectivity index (χ1) is 13.3. The van der Waals surface area contributed by atoms with E-state index in [1.54, 1.807) is 13.0 Å². The molecule has 1 heterocycles. The quantitative estimate of drug-likeness (QED) is 0.670. The summed E-state index contributed by atoms with van der Waals surface area (Å²) in [5.74, 6) is 0.882. The Bertz CT molecular complexity index is 860. The molecular weight excluding hydrogens is 427 g/mol. The molecule has 5 nitrogen and oxygen atoms in total. The lowest BCUT2D eigenvalue weighted by Crippen LogP contribution is -2.42. The summed E-state index contributed by atoms with van der Waals surface area (Å²) in [6.45, 7) is 6.98.